The Hall–Kier alpha value is -3.54. The van der Waals surface area contributed by atoms with Gasteiger partial charge in [-0.15, -0.1) is 0 Å². The molecule has 3 N–H and O–H groups in total. The molecule has 6 heteroatoms. The predicted molar refractivity (Wildman–Crippen MR) is 107 cm³/mol. The van der Waals surface area contributed by atoms with Gasteiger partial charge in [0.15, 0.2) is 11.5 Å². The molecule has 6 nitrogen and oxygen atoms in total. The topological polar surface area (TPSA) is 83.0 Å². The molecule has 0 aliphatic rings. The summed E-state index contributed by atoms with van der Waals surface area (Å²) in [6, 6.07) is 18.5. The number of amides is 1. The zero-order chi connectivity index (χ0) is 19.2. The number of rotatable bonds is 6. The van der Waals surface area contributed by atoms with Crippen LogP contribution in [0.25, 0.3) is 10.8 Å². The summed E-state index contributed by atoms with van der Waals surface area (Å²) in [7, 11) is 1.47. The molecule has 1 atom stereocenters. The molecule has 3 rings (SSSR count). The van der Waals surface area contributed by atoms with Crippen LogP contribution in [0.5, 0.6) is 11.5 Å². The molecule has 3 aromatic rings. The minimum atomic E-state index is -0.484. The molecule has 0 unspecified atom stereocenters. The number of aromatic hydroxyl groups is 1. The molecule has 0 aliphatic heterocycles. The molecule has 1 amide bonds. The first-order chi connectivity index (χ1) is 13.1. The van der Waals surface area contributed by atoms with Gasteiger partial charge < -0.3 is 15.2 Å². The molecule has 138 valence electrons. The molecule has 0 fully saturated rings. The quantitative estimate of drug-likeness (QED) is 0.462. The van der Waals surface area contributed by atoms with Crippen molar-refractivity contribution < 1.29 is 14.6 Å². The van der Waals surface area contributed by atoms with Crippen LogP contribution in [0, 0.1) is 0 Å². The highest BCUT2D eigenvalue weighted by atomic mass is 16.5. The van der Waals surface area contributed by atoms with Crippen molar-refractivity contribution in [2.24, 2.45) is 5.10 Å². The lowest BCUT2D eigenvalue weighted by atomic mass is 10.1. The number of para-hydroxylation sites is 1. The molecule has 0 heterocycles. The van der Waals surface area contributed by atoms with Crippen molar-refractivity contribution in [1.29, 1.82) is 0 Å². The predicted octanol–water partition coefficient (Wildman–Crippen LogP) is 3.50. The molecule has 0 bridgehead atoms. The minimum absolute atomic E-state index is 0.0275. The Morgan fingerprint density at radius 2 is 1.89 bits per heavy atom. The van der Waals surface area contributed by atoms with E-state index in [1.807, 2.05) is 42.5 Å². The zero-order valence-corrected chi connectivity index (χ0v) is 15.1. The SMILES string of the molecule is COc1cccc(/C=N/NC(=O)[C@@H](C)Nc2ccc3ccccc3c2)c1O. The Morgan fingerprint density at radius 3 is 2.67 bits per heavy atom. The average molecular weight is 363 g/mol. The number of hydrogen-bond donors (Lipinski definition) is 3. The van der Waals surface area contributed by atoms with E-state index in [-0.39, 0.29) is 11.7 Å². The second-order valence-electron chi connectivity index (χ2n) is 6.06. The molecule has 0 saturated heterocycles. The molecule has 0 spiro atoms. The van der Waals surface area contributed by atoms with Gasteiger partial charge in [0.25, 0.3) is 5.91 Å². The van der Waals surface area contributed by atoms with Crippen molar-refractivity contribution in [2.45, 2.75) is 13.0 Å². The van der Waals surface area contributed by atoms with Crippen molar-refractivity contribution in [2.75, 3.05) is 12.4 Å². The van der Waals surface area contributed by atoms with Crippen molar-refractivity contribution in [3.63, 3.8) is 0 Å². The van der Waals surface area contributed by atoms with Crippen molar-refractivity contribution in [3.8, 4) is 11.5 Å². The first kappa shape index (κ1) is 18.3. The largest absolute Gasteiger partial charge is 0.504 e. The molecule has 0 aliphatic carbocycles. The lowest BCUT2D eigenvalue weighted by Gasteiger charge is -2.14. The summed E-state index contributed by atoms with van der Waals surface area (Å²) in [5, 5.41) is 19.3. The van der Waals surface area contributed by atoms with E-state index < -0.39 is 6.04 Å². The van der Waals surface area contributed by atoms with E-state index in [1.165, 1.54) is 13.3 Å². The Bertz CT molecular complexity index is 985. The number of phenolic OH excluding ortho intramolecular Hbond substituents is 1. The number of carbonyl (C=O) groups is 1. The third-order valence-corrected chi connectivity index (χ3v) is 4.15. The lowest BCUT2D eigenvalue weighted by Crippen LogP contribution is -2.34. The van der Waals surface area contributed by atoms with Crippen molar-refractivity contribution >= 4 is 28.6 Å². The minimum Gasteiger partial charge on any atom is -0.504 e. The van der Waals surface area contributed by atoms with E-state index in [4.69, 9.17) is 4.74 Å². The van der Waals surface area contributed by atoms with Gasteiger partial charge in [0, 0.05) is 11.3 Å². The zero-order valence-electron chi connectivity index (χ0n) is 15.1. The second-order valence-corrected chi connectivity index (χ2v) is 6.06. The molecular formula is C21H21N3O3. The Balaban J connectivity index is 1.62. The summed E-state index contributed by atoms with van der Waals surface area (Å²) >= 11 is 0. The number of ether oxygens (including phenoxy) is 1. The molecule has 3 aromatic carbocycles. The number of benzene rings is 3. The van der Waals surface area contributed by atoms with Gasteiger partial charge in [-0.3, -0.25) is 4.79 Å². The van der Waals surface area contributed by atoms with Crippen LogP contribution >= 0.6 is 0 Å². The Labute approximate surface area is 157 Å². The maximum atomic E-state index is 12.2. The van der Waals surface area contributed by atoms with Gasteiger partial charge in [-0.25, -0.2) is 5.43 Å². The highest BCUT2D eigenvalue weighted by Gasteiger charge is 2.12. The number of fused-ring (bicyclic) bond motifs is 1. The van der Waals surface area contributed by atoms with E-state index in [0.717, 1.165) is 16.5 Å². The smallest absolute Gasteiger partial charge is 0.262 e. The highest BCUT2D eigenvalue weighted by molar-refractivity contribution is 5.89. The van der Waals surface area contributed by atoms with Crippen LogP contribution in [0.15, 0.2) is 65.8 Å². The van der Waals surface area contributed by atoms with Crippen LogP contribution < -0.4 is 15.5 Å². The molecule has 0 radical (unpaired) electrons. The van der Waals surface area contributed by atoms with Crippen LogP contribution in [-0.2, 0) is 4.79 Å². The van der Waals surface area contributed by atoms with Crippen molar-refractivity contribution in [1.82, 2.24) is 5.43 Å². The third-order valence-electron chi connectivity index (χ3n) is 4.15. The number of anilines is 1. The summed E-state index contributed by atoms with van der Waals surface area (Å²) in [4.78, 5) is 12.2. The number of hydrazone groups is 1. The van der Waals surface area contributed by atoms with E-state index >= 15 is 0 Å². The molecule has 27 heavy (non-hydrogen) atoms. The third kappa shape index (κ3) is 4.36. The van der Waals surface area contributed by atoms with Gasteiger partial charge in [0.2, 0.25) is 0 Å². The maximum Gasteiger partial charge on any atom is 0.262 e. The van der Waals surface area contributed by atoms with Gasteiger partial charge >= 0.3 is 0 Å². The molecule has 0 saturated carbocycles. The molecule has 0 aromatic heterocycles. The van der Waals surface area contributed by atoms with E-state index in [9.17, 15) is 9.90 Å². The van der Waals surface area contributed by atoms with Gasteiger partial charge in [-0.05, 0) is 42.0 Å². The van der Waals surface area contributed by atoms with Gasteiger partial charge in [0.05, 0.1) is 13.3 Å². The fourth-order valence-electron chi connectivity index (χ4n) is 2.67. The summed E-state index contributed by atoms with van der Waals surface area (Å²) < 4.78 is 5.04. The van der Waals surface area contributed by atoms with E-state index in [0.29, 0.717) is 11.3 Å². The summed E-state index contributed by atoms with van der Waals surface area (Å²) in [5.74, 6) is 0.0266. The lowest BCUT2D eigenvalue weighted by molar-refractivity contribution is -0.121. The van der Waals surface area contributed by atoms with Crippen LogP contribution in [0.4, 0.5) is 5.69 Å². The van der Waals surface area contributed by atoms with Crippen LogP contribution in [0.1, 0.15) is 12.5 Å². The number of nitrogens with one attached hydrogen (secondary N) is 2. The fourth-order valence-corrected chi connectivity index (χ4v) is 2.67. The van der Waals surface area contributed by atoms with Gasteiger partial charge in [0.1, 0.15) is 6.04 Å². The Kier molecular flexibility index (Phi) is 5.56. The Morgan fingerprint density at radius 1 is 1.11 bits per heavy atom. The van der Waals surface area contributed by atoms with Gasteiger partial charge in [-0.2, -0.15) is 5.10 Å². The van der Waals surface area contributed by atoms with Crippen LogP contribution in [0.2, 0.25) is 0 Å². The number of methoxy groups -OCH3 is 1. The van der Waals surface area contributed by atoms with Crippen molar-refractivity contribution in [3.05, 3.63) is 66.2 Å². The number of carbonyl (C=O) groups excluding carboxylic acids is 1. The first-order valence-corrected chi connectivity index (χ1v) is 8.52. The fraction of sp³-hybridized carbons (Fsp3) is 0.143. The second kappa shape index (κ2) is 8.23. The number of hydrogen-bond acceptors (Lipinski definition) is 5. The summed E-state index contributed by atoms with van der Waals surface area (Å²) in [6.07, 6.45) is 1.37. The standard InChI is InChI=1S/C21H21N3O3/c1-14(23-18-11-10-15-6-3-4-7-16(15)12-18)21(26)24-22-13-17-8-5-9-19(27-2)20(17)25/h3-14,23,25H,1-2H3,(H,24,26)/b22-13+/t14-/m1/s1. The van der Waals surface area contributed by atoms with Crippen LogP contribution in [-0.4, -0.2) is 30.4 Å². The monoisotopic (exact) mass is 363 g/mol. The van der Waals surface area contributed by atoms with Crippen LogP contribution in [0.3, 0.4) is 0 Å². The maximum absolute atomic E-state index is 12.2. The number of nitrogens with zero attached hydrogens (tertiary/aromatic N) is 1. The highest BCUT2D eigenvalue weighted by Crippen LogP contribution is 2.27. The van der Waals surface area contributed by atoms with Gasteiger partial charge in [-0.1, -0.05) is 36.4 Å². The average Bonchev–Trinajstić information content (AvgIpc) is 2.69. The van der Waals surface area contributed by atoms with E-state index in [1.54, 1.807) is 25.1 Å². The normalized spacial score (nSPS) is 12.1. The first-order valence-electron chi connectivity index (χ1n) is 8.52. The molecular weight excluding hydrogens is 342 g/mol. The number of phenols is 1. The summed E-state index contributed by atoms with van der Waals surface area (Å²) in [5.41, 5.74) is 3.77. The van der Waals surface area contributed by atoms with E-state index in [2.05, 4.69) is 15.8 Å². The summed E-state index contributed by atoms with van der Waals surface area (Å²) in [6.45, 7) is 1.75.